The van der Waals surface area contributed by atoms with Crippen molar-refractivity contribution in [2.24, 2.45) is 22.9 Å². The number of fused-ring (bicyclic) bond motifs is 2. The number of aromatic nitrogens is 2. The number of nitroso groups, excluding NO2 is 1. The number of hydrogen-bond acceptors (Lipinski definition) is 6. The number of hydrogen-bond donors (Lipinski definition) is 1. The number of benzene rings is 2. The first-order valence-electron chi connectivity index (χ1n) is 12.4. The van der Waals surface area contributed by atoms with Crippen molar-refractivity contribution in [3.63, 3.8) is 0 Å². The van der Waals surface area contributed by atoms with Crippen LogP contribution in [0.2, 0.25) is 0 Å². The molecule has 3 aromatic rings. The van der Waals surface area contributed by atoms with Crippen LogP contribution >= 0.6 is 0 Å². The van der Waals surface area contributed by atoms with E-state index in [-0.39, 0.29) is 11.5 Å². The molecule has 0 saturated heterocycles. The topological polar surface area (TPSA) is 104 Å². The van der Waals surface area contributed by atoms with Gasteiger partial charge >= 0.3 is 0 Å². The third kappa shape index (κ3) is 3.02. The van der Waals surface area contributed by atoms with Crippen molar-refractivity contribution in [3.05, 3.63) is 81.4 Å². The lowest BCUT2D eigenvalue weighted by molar-refractivity contribution is -0.0462. The van der Waals surface area contributed by atoms with Crippen LogP contribution in [0.4, 0.5) is 5.69 Å². The van der Waals surface area contributed by atoms with E-state index < -0.39 is 0 Å². The molecule has 0 amide bonds. The minimum absolute atomic E-state index is 0.0461. The molecule has 0 spiro atoms. The van der Waals surface area contributed by atoms with E-state index >= 15 is 0 Å². The lowest BCUT2D eigenvalue weighted by atomic mass is 9.53. The number of nitrogens with one attached hydrogen (secondary N) is 1. The first-order valence-corrected chi connectivity index (χ1v) is 12.4. The van der Waals surface area contributed by atoms with Crippen molar-refractivity contribution < 1.29 is 4.74 Å². The summed E-state index contributed by atoms with van der Waals surface area (Å²) in [4.78, 5) is 16.1. The smallest absolute Gasteiger partial charge is 0.228 e. The Balaban J connectivity index is 1.44. The van der Waals surface area contributed by atoms with Crippen molar-refractivity contribution in [1.82, 2.24) is 9.55 Å². The molecular formula is C28H25N5O2. The predicted octanol–water partition coefficient (Wildman–Crippen LogP) is 5.84. The van der Waals surface area contributed by atoms with E-state index in [2.05, 4.69) is 15.8 Å². The summed E-state index contributed by atoms with van der Waals surface area (Å²) in [5.41, 5.74) is 3.66. The molecule has 174 valence electrons. The summed E-state index contributed by atoms with van der Waals surface area (Å²) in [5.74, 6) is 2.85. The van der Waals surface area contributed by atoms with Gasteiger partial charge in [0.1, 0.15) is 23.3 Å². The molecule has 5 aliphatic rings. The van der Waals surface area contributed by atoms with Crippen LogP contribution in [0.25, 0.3) is 0 Å². The van der Waals surface area contributed by atoms with Crippen LogP contribution in [0.15, 0.2) is 54.0 Å². The summed E-state index contributed by atoms with van der Waals surface area (Å²) in [6, 6.07) is 14.8. The van der Waals surface area contributed by atoms with Crippen LogP contribution in [-0.4, -0.2) is 9.55 Å². The molecule has 4 fully saturated rings. The van der Waals surface area contributed by atoms with Crippen molar-refractivity contribution in [2.75, 3.05) is 0 Å². The fourth-order valence-corrected chi connectivity index (χ4v) is 7.83. The summed E-state index contributed by atoms with van der Waals surface area (Å²) in [7, 11) is 0. The maximum atomic E-state index is 11.3. The molecule has 1 N–H and O–H groups in total. The molecule has 35 heavy (non-hydrogen) atoms. The van der Waals surface area contributed by atoms with Gasteiger partial charge in [-0.25, -0.2) is 4.98 Å². The summed E-state index contributed by atoms with van der Waals surface area (Å²) in [6.45, 7) is 0. The Bertz CT molecular complexity index is 1450. The van der Waals surface area contributed by atoms with Crippen molar-refractivity contribution >= 4 is 5.69 Å². The summed E-state index contributed by atoms with van der Waals surface area (Å²) in [5, 5.41) is 22.0. The second kappa shape index (κ2) is 7.35. The first kappa shape index (κ1) is 20.6. The summed E-state index contributed by atoms with van der Waals surface area (Å²) < 4.78 is 8.34. The second-order valence-corrected chi connectivity index (χ2v) is 10.9. The zero-order valence-corrected chi connectivity index (χ0v) is 19.3. The maximum absolute atomic E-state index is 11.3. The van der Waals surface area contributed by atoms with E-state index in [4.69, 9.17) is 9.72 Å². The highest BCUT2D eigenvalue weighted by Gasteiger charge is 2.52. The van der Waals surface area contributed by atoms with E-state index in [0.29, 0.717) is 33.9 Å². The number of rotatable bonds is 3. The Hall–Kier alpha value is -3.79. The Morgan fingerprint density at radius 3 is 2.51 bits per heavy atom. The average molecular weight is 464 g/mol. The second-order valence-electron chi connectivity index (χ2n) is 10.9. The maximum Gasteiger partial charge on any atom is 0.228 e. The molecule has 4 bridgehead atoms. The standard InChI is InChI=1S/C28H25N5O2/c29-14-16-4-5-22-23(9-16)35-27-25(24(22)20-2-1-3-21(10-20)32-34)26(30)33(15-31-27)28-11-17-6-18(12-28)8-19(7-17)13-28/h1-5,9-10,15,17-19,24,30H,6-8,11-13H2. The van der Waals surface area contributed by atoms with Crippen LogP contribution in [-0.2, 0) is 5.54 Å². The largest absolute Gasteiger partial charge is 0.438 e. The molecule has 2 aromatic carbocycles. The lowest BCUT2D eigenvalue weighted by Crippen LogP contribution is -2.55. The quantitative estimate of drug-likeness (QED) is 0.385. The molecule has 4 saturated carbocycles. The first-order chi connectivity index (χ1) is 17.1. The molecule has 1 unspecified atom stereocenters. The highest BCUT2D eigenvalue weighted by molar-refractivity contribution is 5.59. The zero-order chi connectivity index (χ0) is 23.7. The van der Waals surface area contributed by atoms with Gasteiger partial charge in [-0.2, -0.15) is 5.26 Å². The van der Waals surface area contributed by atoms with Gasteiger partial charge in [0.25, 0.3) is 0 Å². The van der Waals surface area contributed by atoms with E-state index in [9.17, 15) is 15.6 Å². The molecule has 8 rings (SSSR count). The Morgan fingerprint density at radius 1 is 1.09 bits per heavy atom. The molecule has 0 radical (unpaired) electrons. The molecule has 1 atom stereocenters. The van der Waals surface area contributed by atoms with Gasteiger partial charge in [-0.05, 0) is 91.3 Å². The molecule has 7 nitrogen and oxygen atoms in total. The summed E-state index contributed by atoms with van der Waals surface area (Å²) in [6.07, 6.45) is 9.16. The fourth-order valence-electron chi connectivity index (χ4n) is 7.83. The van der Waals surface area contributed by atoms with E-state index in [1.807, 2.05) is 24.5 Å². The molecule has 1 aromatic heterocycles. The van der Waals surface area contributed by atoms with Gasteiger partial charge in [-0.1, -0.05) is 18.2 Å². The molecule has 4 aliphatic carbocycles. The van der Waals surface area contributed by atoms with Crippen molar-refractivity contribution in [1.29, 1.82) is 10.7 Å². The van der Waals surface area contributed by atoms with Gasteiger partial charge in [0.15, 0.2) is 0 Å². The third-order valence-corrected chi connectivity index (χ3v) is 8.79. The zero-order valence-electron chi connectivity index (χ0n) is 19.3. The van der Waals surface area contributed by atoms with Gasteiger partial charge in [-0.3, -0.25) is 5.41 Å². The Morgan fingerprint density at radius 2 is 1.83 bits per heavy atom. The van der Waals surface area contributed by atoms with E-state index in [1.54, 1.807) is 24.3 Å². The molecular weight excluding hydrogens is 438 g/mol. The van der Waals surface area contributed by atoms with Crippen molar-refractivity contribution in [2.45, 2.75) is 50.0 Å². The SMILES string of the molecule is N#Cc1ccc2c(c1)Oc1ncn(C34CC5CC(CC(C5)C3)C4)c(=N)c1C2c1cccc(N=O)c1. The average Bonchev–Trinajstić information content (AvgIpc) is 2.86. The fraction of sp³-hybridized carbons (Fsp3) is 0.393. The minimum Gasteiger partial charge on any atom is -0.438 e. The third-order valence-electron chi connectivity index (χ3n) is 8.79. The number of nitrogens with zero attached hydrogens (tertiary/aromatic N) is 4. The van der Waals surface area contributed by atoms with Gasteiger partial charge in [0.05, 0.1) is 17.2 Å². The van der Waals surface area contributed by atoms with Gasteiger partial charge < -0.3 is 9.30 Å². The highest BCUT2D eigenvalue weighted by atomic mass is 16.5. The predicted molar refractivity (Wildman–Crippen MR) is 128 cm³/mol. The Labute approximate surface area is 202 Å². The monoisotopic (exact) mass is 463 g/mol. The van der Waals surface area contributed by atoms with Gasteiger partial charge in [0.2, 0.25) is 5.88 Å². The van der Waals surface area contributed by atoms with Crippen molar-refractivity contribution in [3.8, 4) is 17.7 Å². The van der Waals surface area contributed by atoms with Gasteiger partial charge in [0, 0.05) is 17.0 Å². The summed E-state index contributed by atoms with van der Waals surface area (Å²) >= 11 is 0. The van der Waals surface area contributed by atoms with Crippen LogP contribution in [0.1, 0.15) is 66.7 Å². The lowest BCUT2D eigenvalue weighted by Gasteiger charge is -2.57. The van der Waals surface area contributed by atoms with Crippen LogP contribution in [0.5, 0.6) is 11.6 Å². The van der Waals surface area contributed by atoms with Crippen LogP contribution < -0.4 is 10.2 Å². The van der Waals surface area contributed by atoms with Crippen LogP contribution in [0.3, 0.4) is 0 Å². The molecule has 7 heteroatoms. The normalized spacial score (nSPS) is 29.6. The van der Waals surface area contributed by atoms with E-state index in [1.165, 1.54) is 19.3 Å². The Kier molecular flexibility index (Phi) is 4.32. The molecule has 2 heterocycles. The molecule has 1 aliphatic heterocycles. The number of ether oxygens (including phenoxy) is 1. The van der Waals surface area contributed by atoms with Gasteiger partial charge in [-0.15, -0.1) is 4.91 Å². The number of nitriles is 1. The van der Waals surface area contributed by atoms with E-state index in [0.717, 1.165) is 48.1 Å². The van der Waals surface area contributed by atoms with Crippen LogP contribution in [0, 0.1) is 39.4 Å². The minimum atomic E-state index is -0.343. The highest BCUT2D eigenvalue weighted by Crippen LogP contribution is 2.58.